The minimum atomic E-state index is 0.217. The molecule has 1 aliphatic carbocycles. The lowest BCUT2D eigenvalue weighted by molar-refractivity contribution is 0.273. The Kier molecular flexibility index (Phi) is 3.61. The number of benzene rings is 1. The first kappa shape index (κ1) is 12.7. The average molecular weight is 257 g/mol. The molecule has 1 N–H and O–H groups in total. The smallest absolute Gasteiger partial charge is 0.0497 e. The van der Waals surface area contributed by atoms with Crippen molar-refractivity contribution in [2.45, 2.75) is 45.1 Å². The SMILES string of the molecule is CC(CO)c1cn(CC2CCCC2)c2ccccc12. The van der Waals surface area contributed by atoms with Gasteiger partial charge in [-0.15, -0.1) is 0 Å². The van der Waals surface area contributed by atoms with Gasteiger partial charge in [-0.05, 0) is 30.4 Å². The molecular formula is C17H23NO. The zero-order valence-electron chi connectivity index (χ0n) is 11.7. The van der Waals surface area contributed by atoms with E-state index in [1.54, 1.807) is 0 Å². The number of para-hydroxylation sites is 1. The van der Waals surface area contributed by atoms with E-state index in [9.17, 15) is 5.11 Å². The van der Waals surface area contributed by atoms with Gasteiger partial charge < -0.3 is 9.67 Å². The van der Waals surface area contributed by atoms with E-state index in [-0.39, 0.29) is 12.5 Å². The van der Waals surface area contributed by atoms with Gasteiger partial charge >= 0.3 is 0 Å². The van der Waals surface area contributed by atoms with Crippen LogP contribution in [0.15, 0.2) is 30.5 Å². The van der Waals surface area contributed by atoms with Gasteiger partial charge in [0.2, 0.25) is 0 Å². The normalized spacial score (nSPS) is 18.2. The van der Waals surface area contributed by atoms with E-state index >= 15 is 0 Å². The summed E-state index contributed by atoms with van der Waals surface area (Å²) in [5.74, 6) is 1.06. The Labute approximate surface area is 115 Å². The van der Waals surface area contributed by atoms with E-state index in [4.69, 9.17) is 0 Å². The second kappa shape index (κ2) is 5.38. The van der Waals surface area contributed by atoms with Gasteiger partial charge in [0.15, 0.2) is 0 Å². The minimum Gasteiger partial charge on any atom is -0.396 e. The summed E-state index contributed by atoms with van der Waals surface area (Å²) in [5, 5.41) is 10.7. The summed E-state index contributed by atoms with van der Waals surface area (Å²) in [7, 11) is 0. The van der Waals surface area contributed by atoms with E-state index in [1.807, 2.05) is 0 Å². The van der Waals surface area contributed by atoms with Crippen LogP contribution in [0.1, 0.15) is 44.1 Å². The maximum atomic E-state index is 9.43. The summed E-state index contributed by atoms with van der Waals surface area (Å²) in [6, 6.07) is 8.59. The quantitative estimate of drug-likeness (QED) is 0.882. The Morgan fingerprint density at radius 3 is 2.74 bits per heavy atom. The van der Waals surface area contributed by atoms with E-state index < -0.39 is 0 Å². The fourth-order valence-corrected chi connectivity index (χ4v) is 3.39. The lowest BCUT2D eigenvalue weighted by Gasteiger charge is -2.11. The topological polar surface area (TPSA) is 25.2 Å². The largest absolute Gasteiger partial charge is 0.396 e. The van der Waals surface area contributed by atoms with Crippen LogP contribution in [-0.4, -0.2) is 16.3 Å². The van der Waals surface area contributed by atoms with Gasteiger partial charge in [-0.25, -0.2) is 0 Å². The molecule has 0 amide bonds. The summed E-state index contributed by atoms with van der Waals surface area (Å²) < 4.78 is 2.41. The highest BCUT2D eigenvalue weighted by molar-refractivity contribution is 5.84. The third-order valence-electron chi connectivity index (χ3n) is 4.55. The zero-order chi connectivity index (χ0) is 13.2. The van der Waals surface area contributed by atoms with Crippen molar-refractivity contribution < 1.29 is 5.11 Å². The summed E-state index contributed by atoms with van der Waals surface area (Å²) in [6.07, 6.45) is 7.80. The van der Waals surface area contributed by atoms with Crippen molar-refractivity contribution in [2.75, 3.05) is 6.61 Å². The van der Waals surface area contributed by atoms with Crippen LogP contribution in [0.2, 0.25) is 0 Å². The monoisotopic (exact) mass is 257 g/mol. The van der Waals surface area contributed by atoms with Crippen molar-refractivity contribution in [1.82, 2.24) is 4.57 Å². The molecule has 2 aromatic rings. The zero-order valence-corrected chi connectivity index (χ0v) is 11.7. The Balaban J connectivity index is 1.98. The van der Waals surface area contributed by atoms with Crippen molar-refractivity contribution >= 4 is 10.9 Å². The molecule has 1 fully saturated rings. The van der Waals surface area contributed by atoms with Crippen LogP contribution in [0, 0.1) is 5.92 Å². The number of nitrogens with zero attached hydrogens (tertiary/aromatic N) is 1. The molecule has 2 nitrogen and oxygen atoms in total. The molecule has 0 radical (unpaired) electrons. The third-order valence-corrected chi connectivity index (χ3v) is 4.55. The lowest BCUT2D eigenvalue weighted by Crippen LogP contribution is -2.06. The molecule has 102 valence electrons. The van der Waals surface area contributed by atoms with Crippen molar-refractivity contribution in [3.63, 3.8) is 0 Å². The predicted octanol–water partition coefficient (Wildman–Crippen LogP) is 3.93. The molecule has 0 aliphatic heterocycles. The number of aliphatic hydroxyl groups excluding tert-OH is 1. The van der Waals surface area contributed by atoms with Crippen LogP contribution in [0.4, 0.5) is 0 Å². The Bertz CT molecular complexity index is 551. The maximum absolute atomic E-state index is 9.43. The first-order valence-electron chi connectivity index (χ1n) is 7.48. The van der Waals surface area contributed by atoms with Crippen molar-refractivity contribution in [3.8, 4) is 0 Å². The predicted molar refractivity (Wildman–Crippen MR) is 79.4 cm³/mol. The summed E-state index contributed by atoms with van der Waals surface area (Å²) in [4.78, 5) is 0. The molecule has 0 bridgehead atoms. The number of aromatic nitrogens is 1. The van der Waals surface area contributed by atoms with E-state index in [0.29, 0.717) is 0 Å². The minimum absolute atomic E-state index is 0.217. The summed E-state index contributed by atoms with van der Waals surface area (Å²) in [5.41, 5.74) is 2.61. The van der Waals surface area contributed by atoms with E-state index in [0.717, 1.165) is 12.5 Å². The molecule has 1 unspecified atom stereocenters. The fourth-order valence-electron chi connectivity index (χ4n) is 3.39. The number of hydrogen-bond donors (Lipinski definition) is 1. The van der Waals surface area contributed by atoms with Crippen LogP contribution in [0.25, 0.3) is 10.9 Å². The third kappa shape index (κ3) is 2.42. The maximum Gasteiger partial charge on any atom is 0.0497 e. The summed E-state index contributed by atoms with van der Waals surface area (Å²) in [6.45, 7) is 3.46. The molecular weight excluding hydrogens is 234 g/mol. The molecule has 3 rings (SSSR count). The second-order valence-electron chi connectivity index (χ2n) is 5.99. The molecule has 1 heterocycles. The molecule has 1 aliphatic rings. The highest BCUT2D eigenvalue weighted by atomic mass is 16.3. The van der Waals surface area contributed by atoms with Crippen LogP contribution in [0.5, 0.6) is 0 Å². The van der Waals surface area contributed by atoms with Crippen LogP contribution >= 0.6 is 0 Å². The molecule has 0 spiro atoms. The molecule has 1 aromatic heterocycles. The lowest BCUT2D eigenvalue weighted by atomic mass is 10.0. The number of fused-ring (bicyclic) bond motifs is 1. The molecule has 1 atom stereocenters. The Morgan fingerprint density at radius 2 is 2.00 bits per heavy atom. The van der Waals surface area contributed by atoms with Gasteiger partial charge in [-0.3, -0.25) is 0 Å². The van der Waals surface area contributed by atoms with Crippen LogP contribution in [0.3, 0.4) is 0 Å². The molecule has 1 saturated carbocycles. The Morgan fingerprint density at radius 1 is 1.26 bits per heavy atom. The number of aliphatic hydroxyl groups is 1. The average Bonchev–Trinajstić information content (AvgIpc) is 3.07. The molecule has 1 aromatic carbocycles. The van der Waals surface area contributed by atoms with Gasteiger partial charge in [-0.2, -0.15) is 0 Å². The van der Waals surface area contributed by atoms with Gasteiger partial charge in [0.05, 0.1) is 0 Å². The van der Waals surface area contributed by atoms with Gasteiger partial charge in [0.1, 0.15) is 0 Å². The molecule has 0 saturated heterocycles. The standard InChI is InChI=1S/C17H23NO/c1-13(12-19)16-11-18(10-14-6-2-3-7-14)17-9-5-4-8-15(16)17/h4-5,8-9,11,13-14,19H,2-3,6-7,10,12H2,1H3. The first-order chi connectivity index (χ1) is 9.29. The highest BCUT2D eigenvalue weighted by Gasteiger charge is 2.18. The van der Waals surface area contributed by atoms with Gasteiger partial charge in [0, 0.05) is 36.2 Å². The molecule has 19 heavy (non-hydrogen) atoms. The van der Waals surface area contributed by atoms with Crippen LogP contribution < -0.4 is 0 Å². The number of rotatable bonds is 4. The Hall–Kier alpha value is -1.28. The fraction of sp³-hybridized carbons (Fsp3) is 0.529. The van der Waals surface area contributed by atoms with Crippen molar-refractivity contribution in [3.05, 3.63) is 36.0 Å². The van der Waals surface area contributed by atoms with Gasteiger partial charge in [-0.1, -0.05) is 38.0 Å². The number of hydrogen-bond acceptors (Lipinski definition) is 1. The van der Waals surface area contributed by atoms with Gasteiger partial charge in [0.25, 0.3) is 0 Å². The summed E-state index contributed by atoms with van der Waals surface area (Å²) >= 11 is 0. The second-order valence-corrected chi connectivity index (χ2v) is 5.99. The van der Waals surface area contributed by atoms with E-state index in [1.165, 1.54) is 42.1 Å². The van der Waals surface area contributed by atoms with Crippen molar-refractivity contribution in [1.29, 1.82) is 0 Å². The molecule has 2 heteroatoms. The van der Waals surface area contributed by atoms with Crippen LogP contribution in [-0.2, 0) is 6.54 Å². The van der Waals surface area contributed by atoms with Crippen molar-refractivity contribution in [2.24, 2.45) is 5.92 Å². The first-order valence-corrected chi connectivity index (χ1v) is 7.48. The van der Waals surface area contributed by atoms with E-state index in [2.05, 4.69) is 42.0 Å². The highest BCUT2D eigenvalue weighted by Crippen LogP contribution is 2.31.